The summed E-state index contributed by atoms with van der Waals surface area (Å²) in [7, 11) is 1.87. The first-order chi connectivity index (χ1) is 9.75. The zero-order chi connectivity index (χ0) is 14.6. The van der Waals surface area contributed by atoms with Crippen molar-refractivity contribution in [3.05, 3.63) is 12.2 Å². The highest BCUT2D eigenvalue weighted by atomic mass is 16.5. The molecule has 114 valence electrons. The molecule has 1 aliphatic rings. The fourth-order valence-electron chi connectivity index (χ4n) is 1.52. The smallest absolute Gasteiger partial charge is 0.253 e. The molecular weight excluding hydrogens is 264 g/mol. The van der Waals surface area contributed by atoms with Crippen LogP contribution in [-0.2, 0) is 23.8 Å². The van der Waals surface area contributed by atoms with E-state index in [0.717, 1.165) is 11.4 Å². The van der Waals surface area contributed by atoms with Crippen LogP contribution in [0.2, 0.25) is 0 Å². The first kappa shape index (κ1) is 16.8. The molecule has 2 amide bonds. The van der Waals surface area contributed by atoms with Crippen LogP contribution in [0.3, 0.4) is 0 Å². The van der Waals surface area contributed by atoms with Crippen molar-refractivity contribution in [1.82, 2.24) is 10.2 Å². The largest absolute Gasteiger partial charge is 0.378 e. The van der Waals surface area contributed by atoms with Crippen LogP contribution in [0.5, 0.6) is 0 Å². The third-order valence-corrected chi connectivity index (χ3v) is 2.60. The molecule has 0 radical (unpaired) electrons. The summed E-state index contributed by atoms with van der Waals surface area (Å²) in [6.45, 7) is 4.08. The van der Waals surface area contributed by atoms with Crippen LogP contribution in [0.25, 0.3) is 0 Å². The number of carbonyl (C=O) groups excluding carboxylic acids is 2. The predicted molar refractivity (Wildman–Crippen MR) is 72.2 cm³/mol. The second-order valence-corrected chi connectivity index (χ2v) is 4.10. The van der Waals surface area contributed by atoms with Crippen LogP contribution in [-0.4, -0.2) is 76.5 Å². The monoisotopic (exact) mass is 286 g/mol. The van der Waals surface area contributed by atoms with Gasteiger partial charge in [-0.15, -0.1) is 0 Å². The first-order valence-electron chi connectivity index (χ1n) is 6.67. The minimum absolute atomic E-state index is 0.276. The van der Waals surface area contributed by atoms with Gasteiger partial charge in [0.25, 0.3) is 11.8 Å². The van der Waals surface area contributed by atoms with E-state index in [0.29, 0.717) is 39.6 Å². The number of imide groups is 1. The van der Waals surface area contributed by atoms with Crippen LogP contribution in [0.1, 0.15) is 0 Å². The van der Waals surface area contributed by atoms with E-state index in [4.69, 9.17) is 14.2 Å². The Morgan fingerprint density at radius 2 is 1.40 bits per heavy atom. The number of hydrogen-bond donors (Lipinski definition) is 1. The van der Waals surface area contributed by atoms with Gasteiger partial charge >= 0.3 is 0 Å². The Morgan fingerprint density at radius 1 is 0.900 bits per heavy atom. The second kappa shape index (κ2) is 10.5. The average Bonchev–Trinajstić information content (AvgIpc) is 2.76. The van der Waals surface area contributed by atoms with Crippen LogP contribution < -0.4 is 5.32 Å². The van der Waals surface area contributed by atoms with E-state index in [1.165, 1.54) is 12.2 Å². The number of rotatable bonds is 12. The second-order valence-electron chi connectivity index (χ2n) is 4.10. The van der Waals surface area contributed by atoms with Gasteiger partial charge in [0.15, 0.2) is 0 Å². The van der Waals surface area contributed by atoms with Crippen LogP contribution in [0, 0.1) is 0 Å². The molecule has 0 atom stereocenters. The summed E-state index contributed by atoms with van der Waals surface area (Å²) in [5.74, 6) is -0.567. The number of ether oxygens (including phenoxy) is 3. The van der Waals surface area contributed by atoms with E-state index < -0.39 is 0 Å². The topological polar surface area (TPSA) is 77.1 Å². The summed E-state index contributed by atoms with van der Waals surface area (Å²) in [6.07, 6.45) is 2.53. The molecule has 0 fully saturated rings. The Balaban J connectivity index is 1.83. The molecule has 1 heterocycles. The van der Waals surface area contributed by atoms with E-state index in [-0.39, 0.29) is 18.4 Å². The van der Waals surface area contributed by atoms with Crippen LogP contribution >= 0.6 is 0 Å². The van der Waals surface area contributed by atoms with Gasteiger partial charge in [-0.2, -0.15) is 0 Å². The first-order valence-corrected chi connectivity index (χ1v) is 6.67. The third kappa shape index (κ3) is 6.76. The average molecular weight is 286 g/mol. The SMILES string of the molecule is CNCCOCCOCCOCCN1C(=O)C=CC1=O. The quantitative estimate of drug-likeness (QED) is 0.373. The van der Waals surface area contributed by atoms with Crippen molar-refractivity contribution in [3.8, 4) is 0 Å². The molecule has 0 aromatic carbocycles. The van der Waals surface area contributed by atoms with Gasteiger partial charge in [-0.25, -0.2) is 0 Å². The van der Waals surface area contributed by atoms with E-state index in [1.807, 2.05) is 7.05 Å². The molecule has 0 aromatic heterocycles. The van der Waals surface area contributed by atoms with Crippen molar-refractivity contribution in [2.45, 2.75) is 0 Å². The van der Waals surface area contributed by atoms with E-state index >= 15 is 0 Å². The lowest BCUT2D eigenvalue weighted by Gasteiger charge is -2.13. The summed E-state index contributed by atoms with van der Waals surface area (Å²) >= 11 is 0. The van der Waals surface area contributed by atoms with Gasteiger partial charge in [-0.3, -0.25) is 14.5 Å². The lowest BCUT2D eigenvalue weighted by atomic mass is 10.5. The predicted octanol–water partition coefficient (Wildman–Crippen LogP) is -0.819. The van der Waals surface area contributed by atoms with Crippen molar-refractivity contribution in [3.63, 3.8) is 0 Å². The Morgan fingerprint density at radius 3 is 1.95 bits per heavy atom. The van der Waals surface area contributed by atoms with Gasteiger partial charge < -0.3 is 19.5 Å². The highest BCUT2D eigenvalue weighted by Crippen LogP contribution is 2.02. The van der Waals surface area contributed by atoms with Gasteiger partial charge in [0, 0.05) is 18.7 Å². The summed E-state index contributed by atoms with van der Waals surface area (Å²) in [6, 6.07) is 0. The maximum atomic E-state index is 11.2. The minimum atomic E-state index is -0.284. The summed E-state index contributed by atoms with van der Waals surface area (Å²) in [5.41, 5.74) is 0. The normalized spacial score (nSPS) is 14.6. The van der Waals surface area contributed by atoms with Crippen LogP contribution in [0.15, 0.2) is 12.2 Å². The number of hydrogen-bond acceptors (Lipinski definition) is 6. The Bertz CT molecular complexity index is 315. The lowest BCUT2D eigenvalue weighted by Crippen LogP contribution is -2.33. The molecule has 1 aliphatic heterocycles. The number of amides is 2. The molecule has 0 saturated carbocycles. The van der Waals surface area contributed by atoms with E-state index in [2.05, 4.69) is 5.32 Å². The lowest BCUT2D eigenvalue weighted by molar-refractivity contribution is -0.137. The summed E-state index contributed by atoms with van der Waals surface area (Å²) in [4.78, 5) is 23.6. The van der Waals surface area contributed by atoms with Crippen molar-refractivity contribution in [2.24, 2.45) is 0 Å². The Labute approximate surface area is 118 Å². The van der Waals surface area contributed by atoms with Crippen molar-refractivity contribution < 1.29 is 23.8 Å². The summed E-state index contributed by atoms with van der Waals surface area (Å²) < 4.78 is 15.9. The zero-order valence-electron chi connectivity index (χ0n) is 11.8. The summed E-state index contributed by atoms with van der Waals surface area (Å²) in [5, 5.41) is 2.98. The molecule has 1 rings (SSSR count). The van der Waals surface area contributed by atoms with Gasteiger partial charge in [0.05, 0.1) is 46.2 Å². The molecule has 0 aromatic rings. The molecule has 0 saturated heterocycles. The fourth-order valence-corrected chi connectivity index (χ4v) is 1.52. The molecule has 0 bridgehead atoms. The number of likely N-dealkylation sites (N-methyl/N-ethyl adjacent to an activating group) is 1. The Hall–Kier alpha value is -1.28. The Kier molecular flexibility index (Phi) is 8.81. The van der Waals surface area contributed by atoms with E-state index in [1.54, 1.807) is 0 Å². The highest BCUT2D eigenvalue weighted by Gasteiger charge is 2.22. The minimum Gasteiger partial charge on any atom is -0.378 e. The third-order valence-electron chi connectivity index (χ3n) is 2.60. The number of nitrogens with one attached hydrogen (secondary N) is 1. The molecule has 0 aliphatic carbocycles. The molecule has 7 nitrogen and oxygen atoms in total. The fraction of sp³-hybridized carbons (Fsp3) is 0.692. The van der Waals surface area contributed by atoms with Gasteiger partial charge in [0.2, 0.25) is 0 Å². The number of nitrogens with zero attached hydrogens (tertiary/aromatic N) is 1. The maximum Gasteiger partial charge on any atom is 0.253 e. The van der Waals surface area contributed by atoms with E-state index in [9.17, 15) is 9.59 Å². The van der Waals surface area contributed by atoms with Crippen molar-refractivity contribution in [2.75, 3.05) is 59.8 Å². The van der Waals surface area contributed by atoms with Crippen LogP contribution in [0.4, 0.5) is 0 Å². The van der Waals surface area contributed by atoms with Crippen molar-refractivity contribution in [1.29, 1.82) is 0 Å². The molecule has 20 heavy (non-hydrogen) atoms. The maximum absolute atomic E-state index is 11.2. The molecule has 0 spiro atoms. The van der Waals surface area contributed by atoms with Gasteiger partial charge in [-0.1, -0.05) is 0 Å². The standard InChI is InChI=1S/C13H22N2O5/c1-14-4-6-18-8-10-20-11-9-19-7-5-15-12(16)2-3-13(15)17/h2-3,14H,4-11H2,1H3. The van der Waals surface area contributed by atoms with Crippen molar-refractivity contribution >= 4 is 11.8 Å². The highest BCUT2D eigenvalue weighted by molar-refractivity contribution is 6.12. The van der Waals surface area contributed by atoms with Gasteiger partial charge in [0.1, 0.15) is 0 Å². The molecular formula is C13H22N2O5. The molecule has 1 N–H and O–H groups in total. The zero-order valence-corrected chi connectivity index (χ0v) is 11.8. The molecule has 7 heteroatoms. The van der Waals surface area contributed by atoms with Gasteiger partial charge in [-0.05, 0) is 7.05 Å². The molecule has 0 unspecified atom stereocenters. The number of carbonyl (C=O) groups is 2.